The number of benzene rings is 1. The van der Waals surface area contributed by atoms with Crippen molar-refractivity contribution in [2.24, 2.45) is 5.41 Å². The molecule has 1 aromatic carbocycles. The molecular weight excluding hydrogens is 285 g/mol. The minimum Gasteiger partial charge on any atom is -0.292 e. The van der Waals surface area contributed by atoms with Crippen LogP contribution < -0.4 is 0 Å². The summed E-state index contributed by atoms with van der Waals surface area (Å²) in [6.45, 7) is -0.289. The molecule has 2 fully saturated rings. The van der Waals surface area contributed by atoms with Gasteiger partial charge in [0, 0.05) is 12.0 Å². The van der Waals surface area contributed by atoms with E-state index in [0.717, 1.165) is 43.1 Å². The van der Waals surface area contributed by atoms with Crippen LogP contribution in [0.25, 0.3) is 0 Å². The van der Waals surface area contributed by atoms with Crippen molar-refractivity contribution in [3.05, 3.63) is 35.6 Å². The van der Waals surface area contributed by atoms with Gasteiger partial charge in [0.05, 0.1) is 12.0 Å². The number of ketones is 1. The molecule has 1 saturated heterocycles. The van der Waals surface area contributed by atoms with Crippen LogP contribution in [0.15, 0.2) is 24.3 Å². The summed E-state index contributed by atoms with van der Waals surface area (Å²) in [5.41, 5.74) is -0.400. The second-order valence-corrected chi connectivity index (χ2v) is 6.24. The quantitative estimate of drug-likeness (QED) is 0.637. The molecule has 0 unspecified atom stereocenters. The second kappa shape index (κ2) is 5.63. The van der Waals surface area contributed by atoms with E-state index in [4.69, 9.17) is 0 Å². The minimum atomic E-state index is -0.586. The van der Waals surface area contributed by atoms with E-state index in [-0.39, 0.29) is 30.3 Å². The molecule has 5 heteroatoms. The van der Waals surface area contributed by atoms with E-state index >= 15 is 0 Å². The van der Waals surface area contributed by atoms with Crippen LogP contribution in [-0.4, -0.2) is 29.0 Å². The smallest absolute Gasteiger partial charge is 0.236 e. The molecule has 1 heterocycles. The largest absolute Gasteiger partial charge is 0.292 e. The number of Topliss-reactive ketones (excluding diaryl/α,β-unsaturated/α-hetero) is 1. The fourth-order valence-corrected chi connectivity index (χ4v) is 3.54. The lowest BCUT2D eigenvalue weighted by Gasteiger charge is -2.30. The fourth-order valence-electron chi connectivity index (χ4n) is 3.54. The zero-order valence-electron chi connectivity index (χ0n) is 12.3. The van der Waals surface area contributed by atoms with Gasteiger partial charge in [-0.05, 0) is 25.0 Å². The van der Waals surface area contributed by atoms with Crippen molar-refractivity contribution in [2.75, 3.05) is 6.54 Å². The van der Waals surface area contributed by atoms with Crippen molar-refractivity contribution in [1.29, 1.82) is 0 Å². The first kappa shape index (κ1) is 14.9. The third kappa shape index (κ3) is 2.56. The number of carbonyl (C=O) groups excluding carboxylic acids is 3. The highest BCUT2D eigenvalue weighted by Crippen LogP contribution is 2.45. The van der Waals surface area contributed by atoms with Crippen LogP contribution in [0, 0.1) is 11.2 Å². The molecule has 0 radical (unpaired) electrons. The maximum Gasteiger partial charge on any atom is 0.236 e. The van der Waals surface area contributed by atoms with Crippen LogP contribution in [-0.2, 0) is 9.59 Å². The van der Waals surface area contributed by atoms with Crippen molar-refractivity contribution in [3.63, 3.8) is 0 Å². The van der Waals surface area contributed by atoms with Crippen molar-refractivity contribution >= 4 is 17.6 Å². The second-order valence-electron chi connectivity index (χ2n) is 6.24. The van der Waals surface area contributed by atoms with E-state index in [9.17, 15) is 18.8 Å². The summed E-state index contributed by atoms with van der Waals surface area (Å²) in [6, 6.07) is 5.31. The molecule has 4 nitrogen and oxygen atoms in total. The van der Waals surface area contributed by atoms with E-state index in [2.05, 4.69) is 0 Å². The molecule has 1 aromatic rings. The zero-order chi connectivity index (χ0) is 15.7. The van der Waals surface area contributed by atoms with Crippen LogP contribution in [0.5, 0.6) is 0 Å². The Balaban J connectivity index is 1.76. The summed E-state index contributed by atoms with van der Waals surface area (Å²) >= 11 is 0. The first-order valence-electron chi connectivity index (χ1n) is 7.65. The van der Waals surface area contributed by atoms with Crippen molar-refractivity contribution in [3.8, 4) is 0 Å². The van der Waals surface area contributed by atoms with Crippen LogP contribution in [0.1, 0.15) is 48.9 Å². The number of imide groups is 1. The van der Waals surface area contributed by atoms with Crippen molar-refractivity contribution < 1.29 is 18.8 Å². The van der Waals surface area contributed by atoms with Gasteiger partial charge in [0.15, 0.2) is 5.78 Å². The van der Waals surface area contributed by atoms with E-state index in [1.165, 1.54) is 18.2 Å². The summed E-state index contributed by atoms with van der Waals surface area (Å²) in [5.74, 6) is -1.42. The molecule has 0 bridgehead atoms. The van der Waals surface area contributed by atoms with Gasteiger partial charge in [0.25, 0.3) is 0 Å². The maximum atomic E-state index is 13.2. The summed E-state index contributed by atoms with van der Waals surface area (Å²) in [5, 5.41) is 0. The lowest BCUT2D eigenvalue weighted by Crippen LogP contribution is -2.39. The first-order valence-corrected chi connectivity index (χ1v) is 7.65. The molecule has 2 amide bonds. The number of hydrogen-bond acceptors (Lipinski definition) is 3. The normalized spacial score (nSPS) is 20.7. The Morgan fingerprint density at radius 3 is 2.59 bits per heavy atom. The third-order valence-electron chi connectivity index (χ3n) is 4.75. The molecule has 22 heavy (non-hydrogen) atoms. The highest BCUT2D eigenvalue weighted by atomic mass is 19.1. The van der Waals surface area contributed by atoms with Gasteiger partial charge in [0.2, 0.25) is 11.8 Å². The highest BCUT2D eigenvalue weighted by molar-refractivity contribution is 6.10. The number of rotatable bonds is 3. The molecule has 3 rings (SSSR count). The van der Waals surface area contributed by atoms with Crippen molar-refractivity contribution in [1.82, 2.24) is 4.90 Å². The topological polar surface area (TPSA) is 54.5 Å². The first-order chi connectivity index (χ1) is 10.5. The van der Waals surface area contributed by atoms with Crippen molar-refractivity contribution in [2.45, 2.75) is 38.5 Å². The molecular formula is C17H18FNO3. The van der Waals surface area contributed by atoms with E-state index in [1.54, 1.807) is 0 Å². The Kier molecular flexibility index (Phi) is 3.81. The van der Waals surface area contributed by atoms with Gasteiger partial charge in [-0.15, -0.1) is 0 Å². The summed E-state index contributed by atoms with van der Waals surface area (Å²) in [6.07, 6.45) is 4.65. The predicted molar refractivity (Wildman–Crippen MR) is 77.6 cm³/mol. The zero-order valence-corrected chi connectivity index (χ0v) is 12.3. The number of nitrogens with zero attached hydrogens (tertiary/aromatic N) is 1. The van der Waals surface area contributed by atoms with Gasteiger partial charge < -0.3 is 0 Å². The maximum absolute atomic E-state index is 13.2. The highest BCUT2D eigenvalue weighted by Gasteiger charge is 2.51. The van der Waals surface area contributed by atoms with Crippen LogP contribution in [0.3, 0.4) is 0 Å². The number of hydrogen-bond donors (Lipinski definition) is 0. The number of amides is 2. The van der Waals surface area contributed by atoms with E-state index < -0.39 is 17.0 Å². The SMILES string of the molecule is O=C(CN1C(=O)CC2(CCCCC2)C1=O)c1cccc(F)c1. The number of likely N-dealkylation sites (tertiary alicyclic amines) is 1. The van der Waals surface area contributed by atoms with Crippen LogP contribution in [0.4, 0.5) is 4.39 Å². The molecule has 0 aromatic heterocycles. The summed E-state index contributed by atoms with van der Waals surface area (Å²) in [7, 11) is 0. The number of carbonyl (C=O) groups is 3. The molecule has 1 aliphatic carbocycles. The molecule has 0 atom stereocenters. The minimum absolute atomic E-state index is 0.185. The fraction of sp³-hybridized carbons (Fsp3) is 0.471. The summed E-state index contributed by atoms with van der Waals surface area (Å²) < 4.78 is 13.2. The summed E-state index contributed by atoms with van der Waals surface area (Å²) in [4.78, 5) is 38.0. The average molecular weight is 303 g/mol. The Labute approximate surface area is 128 Å². The standard InChI is InChI=1S/C17H18FNO3/c18-13-6-4-5-12(9-13)14(20)11-19-15(21)10-17(16(19)22)7-2-1-3-8-17/h4-6,9H,1-3,7-8,10-11H2. The van der Waals surface area contributed by atoms with Gasteiger partial charge >= 0.3 is 0 Å². The lowest BCUT2D eigenvalue weighted by atomic mass is 9.73. The van der Waals surface area contributed by atoms with Gasteiger partial charge in [-0.25, -0.2) is 4.39 Å². The Morgan fingerprint density at radius 2 is 1.91 bits per heavy atom. The third-order valence-corrected chi connectivity index (χ3v) is 4.75. The molecule has 116 valence electrons. The molecule has 1 spiro atoms. The predicted octanol–water partition coefficient (Wildman–Crippen LogP) is 2.72. The molecule has 2 aliphatic rings. The average Bonchev–Trinajstić information content (AvgIpc) is 2.72. The molecule has 1 saturated carbocycles. The Hall–Kier alpha value is -2.04. The van der Waals surface area contributed by atoms with Crippen LogP contribution in [0.2, 0.25) is 0 Å². The Bertz CT molecular complexity index is 635. The van der Waals surface area contributed by atoms with Crippen LogP contribution >= 0.6 is 0 Å². The lowest BCUT2D eigenvalue weighted by molar-refractivity contribution is -0.141. The number of halogens is 1. The van der Waals surface area contributed by atoms with Gasteiger partial charge in [-0.2, -0.15) is 0 Å². The monoisotopic (exact) mass is 303 g/mol. The van der Waals surface area contributed by atoms with E-state index in [1.807, 2.05) is 0 Å². The van der Waals surface area contributed by atoms with E-state index in [0.29, 0.717) is 0 Å². The van der Waals surface area contributed by atoms with Gasteiger partial charge in [-0.3, -0.25) is 19.3 Å². The molecule has 1 aliphatic heterocycles. The van der Waals surface area contributed by atoms with Gasteiger partial charge in [-0.1, -0.05) is 31.4 Å². The Morgan fingerprint density at radius 1 is 1.18 bits per heavy atom. The molecule has 0 N–H and O–H groups in total. The van der Waals surface area contributed by atoms with Gasteiger partial charge in [0.1, 0.15) is 5.82 Å².